The van der Waals surface area contributed by atoms with Gasteiger partial charge in [0.05, 0.1) is 6.54 Å². The Labute approximate surface area is 244 Å². The van der Waals surface area contributed by atoms with E-state index < -0.39 is 5.60 Å². The van der Waals surface area contributed by atoms with E-state index in [2.05, 4.69) is 77.4 Å². The van der Waals surface area contributed by atoms with Crippen molar-refractivity contribution in [2.75, 3.05) is 39.3 Å². The van der Waals surface area contributed by atoms with Crippen molar-refractivity contribution in [1.29, 1.82) is 0 Å². The molecule has 2 aliphatic rings. The van der Waals surface area contributed by atoms with Gasteiger partial charge in [0.25, 0.3) is 0 Å². The highest BCUT2D eigenvalue weighted by Crippen LogP contribution is 2.47. The lowest BCUT2D eigenvalue weighted by Gasteiger charge is -2.37. The van der Waals surface area contributed by atoms with Crippen molar-refractivity contribution in [2.24, 2.45) is 0 Å². The van der Waals surface area contributed by atoms with Gasteiger partial charge in [-0.3, -0.25) is 14.6 Å². The van der Waals surface area contributed by atoms with Crippen LogP contribution >= 0.6 is 0 Å². The van der Waals surface area contributed by atoms with Gasteiger partial charge in [0.15, 0.2) is 0 Å². The molecule has 1 aliphatic heterocycles. The maximum Gasteiger partial charge on any atom is 0.320 e. The van der Waals surface area contributed by atoms with E-state index >= 15 is 0 Å². The highest BCUT2D eigenvalue weighted by molar-refractivity contribution is 5.72. The number of phenols is 1. The number of rotatable bonds is 8. The van der Waals surface area contributed by atoms with Gasteiger partial charge in [-0.25, -0.2) is 0 Å². The fourth-order valence-corrected chi connectivity index (χ4v) is 6.29. The molecule has 218 valence electrons. The van der Waals surface area contributed by atoms with Crippen LogP contribution in [0.1, 0.15) is 68.2 Å². The quantitative estimate of drug-likeness (QED) is 0.345. The van der Waals surface area contributed by atoms with E-state index in [0.717, 1.165) is 44.8 Å². The summed E-state index contributed by atoms with van der Waals surface area (Å²) in [6.07, 6.45) is 2.01. The number of hydrogen-bond donors (Lipinski definition) is 1. The smallest absolute Gasteiger partial charge is 0.320 e. The van der Waals surface area contributed by atoms with Crippen LogP contribution in [0.4, 0.5) is 0 Å². The van der Waals surface area contributed by atoms with E-state index in [1.807, 2.05) is 32.9 Å². The molecule has 0 unspecified atom stereocenters. The van der Waals surface area contributed by atoms with Crippen molar-refractivity contribution >= 4 is 5.97 Å². The highest BCUT2D eigenvalue weighted by atomic mass is 16.6. The van der Waals surface area contributed by atoms with Gasteiger partial charge in [-0.15, -0.1) is 0 Å². The molecule has 0 radical (unpaired) electrons. The van der Waals surface area contributed by atoms with Gasteiger partial charge < -0.3 is 14.6 Å². The molecule has 0 bridgehead atoms. The average Bonchev–Trinajstić information content (AvgIpc) is 2.95. The van der Waals surface area contributed by atoms with Crippen LogP contribution in [0, 0.1) is 0 Å². The SMILES string of the molecule is C[C@H](COc1ccc([C@@H]2c3ccc(O)cc3CC[C@@H]2c2ccccc2)cc1)N1CCN(CC(=O)OC(C)(C)C)CC1. The van der Waals surface area contributed by atoms with E-state index in [4.69, 9.17) is 9.47 Å². The van der Waals surface area contributed by atoms with Gasteiger partial charge in [0.2, 0.25) is 0 Å². The topological polar surface area (TPSA) is 62.2 Å². The van der Waals surface area contributed by atoms with E-state index in [-0.39, 0.29) is 17.9 Å². The Morgan fingerprint density at radius 2 is 1.66 bits per heavy atom. The average molecular weight is 557 g/mol. The lowest BCUT2D eigenvalue weighted by Crippen LogP contribution is -2.52. The summed E-state index contributed by atoms with van der Waals surface area (Å²) in [5, 5.41) is 10.1. The maximum atomic E-state index is 12.2. The standard InChI is InChI=1S/C35H44N2O4/c1-25(37-20-18-36(19-21-37)23-33(39)41-35(2,3)4)24-40-30-14-10-27(11-15-30)34-31(26-8-6-5-7-9-26)16-12-28-22-29(38)13-17-32(28)34/h5-11,13-15,17,22,25,31,34,38H,12,16,18-21,23-24H2,1-4H3/t25-,31-,34+/m1/s1. The summed E-state index contributed by atoms with van der Waals surface area (Å²) < 4.78 is 11.7. The third-order valence-corrected chi connectivity index (χ3v) is 8.35. The van der Waals surface area contributed by atoms with Crippen LogP contribution in [0.15, 0.2) is 72.8 Å². The molecule has 0 spiro atoms. The van der Waals surface area contributed by atoms with Crippen molar-refractivity contribution in [1.82, 2.24) is 9.80 Å². The molecule has 3 aromatic carbocycles. The summed E-state index contributed by atoms with van der Waals surface area (Å²) in [6, 6.07) is 25.5. The van der Waals surface area contributed by atoms with E-state index in [9.17, 15) is 9.90 Å². The van der Waals surface area contributed by atoms with Crippen LogP contribution in [0.5, 0.6) is 11.5 Å². The van der Waals surface area contributed by atoms with Gasteiger partial charge in [0.1, 0.15) is 23.7 Å². The molecule has 5 rings (SSSR count). The molecule has 3 atom stereocenters. The minimum Gasteiger partial charge on any atom is -0.508 e. The van der Waals surface area contributed by atoms with Crippen molar-refractivity contribution in [3.63, 3.8) is 0 Å². The molecule has 41 heavy (non-hydrogen) atoms. The summed E-state index contributed by atoms with van der Waals surface area (Å²) in [5.74, 6) is 1.67. The first kappa shape index (κ1) is 29.2. The Morgan fingerprint density at radius 3 is 2.34 bits per heavy atom. The Bertz CT molecular complexity index is 1290. The lowest BCUT2D eigenvalue weighted by atomic mass is 9.69. The Hall–Kier alpha value is -3.35. The van der Waals surface area contributed by atoms with Crippen LogP contribution < -0.4 is 4.74 Å². The van der Waals surface area contributed by atoms with E-state index in [0.29, 0.717) is 24.8 Å². The number of benzene rings is 3. The van der Waals surface area contributed by atoms with Crippen LogP contribution in [-0.4, -0.2) is 71.8 Å². The second kappa shape index (κ2) is 12.7. The molecule has 3 aromatic rings. The normalized spacial score (nSPS) is 20.7. The number of nitrogens with zero attached hydrogens (tertiary/aromatic N) is 2. The van der Waals surface area contributed by atoms with Crippen LogP contribution in [0.2, 0.25) is 0 Å². The number of aromatic hydroxyl groups is 1. The molecular formula is C35H44N2O4. The largest absolute Gasteiger partial charge is 0.508 e. The van der Waals surface area contributed by atoms with Crippen molar-refractivity contribution in [2.45, 2.75) is 64.0 Å². The summed E-state index contributed by atoms with van der Waals surface area (Å²) >= 11 is 0. The predicted molar refractivity (Wildman–Crippen MR) is 163 cm³/mol. The Balaban J connectivity index is 1.19. The molecule has 1 aliphatic carbocycles. The Kier molecular flexibility index (Phi) is 9.00. The molecule has 0 amide bonds. The van der Waals surface area contributed by atoms with Crippen LogP contribution in [-0.2, 0) is 16.0 Å². The number of esters is 1. The number of ether oxygens (including phenoxy) is 2. The summed E-state index contributed by atoms with van der Waals surface area (Å²) in [6.45, 7) is 12.4. The number of fused-ring (bicyclic) bond motifs is 1. The van der Waals surface area contributed by atoms with E-state index in [1.165, 1.54) is 22.3 Å². The van der Waals surface area contributed by atoms with Crippen molar-refractivity contribution in [3.05, 3.63) is 95.1 Å². The predicted octanol–water partition coefficient (Wildman–Crippen LogP) is 5.98. The molecule has 0 aromatic heterocycles. The minimum absolute atomic E-state index is 0.157. The third kappa shape index (κ3) is 7.49. The minimum atomic E-state index is -0.447. The molecule has 0 saturated carbocycles. The number of hydrogen-bond acceptors (Lipinski definition) is 6. The first-order chi connectivity index (χ1) is 19.7. The highest BCUT2D eigenvalue weighted by Gasteiger charge is 2.32. The van der Waals surface area contributed by atoms with Gasteiger partial charge in [0, 0.05) is 38.1 Å². The molecule has 1 saturated heterocycles. The number of carbonyl (C=O) groups is 1. The Morgan fingerprint density at radius 1 is 0.951 bits per heavy atom. The number of phenolic OH excluding ortho intramolecular Hbond substituents is 1. The summed E-state index contributed by atoms with van der Waals surface area (Å²) in [4.78, 5) is 16.8. The maximum absolute atomic E-state index is 12.2. The van der Waals surface area contributed by atoms with Crippen molar-refractivity contribution < 1.29 is 19.4 Å². The number of aryl methyl sites for hydroxylation is 1. The van der Waals surface area contributed by atoms with Gasteiger partial charge >= 0.3 is 5.97 Å². The third-order valence-electron chi connectivity index (χ3n) is 8.35. The zero-order chi connectivity index (χ0) is 29.0. The fraction of sp³-hybridized carbons (Fsp3) is 0.457. The van der Waals surface area contributed by atoms with Gasteiger partial charge in [-0.05, 0) is 93.0 Å². The number of piperazine rings is 1. The van der Waals surface area contributed by atoms with Crippen LogP contribution in [0.25, 0.3) is 0 Å². The first-order valence-corrected chi connectivity index (χ1v) is 14.9. The number of carbonyl (C=O) groups excluding carboxylic acids is 1. The van der Waals surface area contributed by atoms with Crippen LogP contribution in [0.3, 0.4) is 0 Å². The van der Waals surface area contributed by atoms with E-state index in [1.54, 1.807) is 0 Å². The van der Waals surface area contributed by atoms with Crippen molar-refractivity contribution in [3.8, 4) is 11.5 Å². The monoisotopic (exact) mass is 556 g/mol. The van der Waals surface area contributed by atoms with Gasteiger partial charge in [-0.1, -0.05) is 48.5 Å². The second-order valence-corrected chi connectivity index (χ2v) is 12.5. The first-order valence-electron chi connectivity index (χ1n) is 14.9. The molecular weight excluding hydrogens is 512 g/mol. The molecule has 6 nitrogen and oxygen atoms in total. The second-order valence-electron chi connectivity index (χ2n) is 12.5. The lowest BCUT2D eigenvalue weighted by molar-refractivity contribution is -0.156. The zero-order valence-corrected chi connectivity index (χ0v) is 24.9. The molecule has 1 N–H and O–H groups in total. The summed E-state index contributed by atoms with van der Waals surface area (Å²) in [7, 11) is 0. The molecule has 1 heterocycles. The molecule has 1 fully saturated rings. The summed E-state index contributed by atoms with van der Waals surface area (Å²) in [5.41, 5.74) is 4.72. The molecule has 6 heteroatoms. The fourth-order valence-electron chi connectivity index (χ4n) is 6.29. The zero-order valence-electron chi connectivity index (χ0n) is 24.9. The van der Waals surface area contributed by atoms with Gasteiger partial charge in [-0.2, -0.15) is 0 Å².